The fraction of sp³-hybridized carbons (Fsp3) is 1.00. The van der Waals surface area contributed by atoms with E-state index in [1.165, 1.54) is 6.42 Å². The molecule has 0 aromatic rings. The van der Waals surface area contributed by atoms with Gasteiger partial charge in [0.2, 0.25) is 0 Å². The topological polar surface area (TPSA) is 30.5 Å². The van der Waals surface area contributed by atoms with E-state index in [1.807, 2.05) is 13.8 Å². The molecule has 2 aliphatic heterocycles. The number of piperidine rings is 1. The molecular formula is C14H29NO2. The van der Waals surface area contributed by atoms with E-state index in [2.05, 4.69) is 19.2 Å². The molecule has 1 atom stereocenters. The van der Waals surface area contributed by atoms with Crippen LogP contribution in [0.1, 0.15) is 47.0 Å². The first-order chi connectivity index (χ1) is 8.26. The molecule has 0 amide bonds. The van der Waals surface area contributed by atoms with Crippen molar-refractivity contribution < 1.29 is 9.47 Å². The predicted octanol–water partition coefficient (Wildman–Crippen LogP) is 2.80. The van der Waals surface area contributed by atoms with Crippen LogP contribution in [-0.4, -0.2) is 32.1 Å². The van der Waals surface area contributed by atoms with Gasteiger partial charge in [-0.1, -0.05) is 34.1 Å². The van der Waals surface area contributed by atoms with Gasteiger partial charge in [0.1, 0.15) is 0 Å². The normalized spacial score (nSPS) is 26.1. The van der Waals surface area contributed by atoms with Crippen molar-refractivity contribution in [1.29, 1.82) is 0 Å². The number of hydrogen-bond donors (Lipinski definition) is 1. The van der Waals surface area contributed by atoms with Crippen molar-refractivity contribution in [3.05, 3.63) is 0 Å². The first-order valence-corrected chi connectivity index (χ1v) is 7.24. The van der Waals surface area contributed by atoms with Gasteiger partial charge >= 0.3 is 0 Å². The van der Waals surface area contributed by atoms with E-state index in [-0.39, 0.29) is 5.79 Å². The van der Waals surface area contributed by atoms with Crippen LogP contribution >= 0.6 is 0 Å². The van der Waals surface area contributed by atoms with Gasteiger partial charge < -0.3 is 14.8 Å². The Hall–Kier alpha value is -0.120. The lowest BCUT2D eigenvalue weighted by Gasteiger charge is -2.43. The Morgan fingerprint density at radius 2 is 1.71 bits per heavy atom. The Kier molecular flexibility index (Phi) is 6.45. The number of nitrogens with one attached hydrogen (secondary N) is 1. The zero-order valence-electron chi connectivity index (χ0n) is 11.9. The molecule has 0 radical (unpaired) electrons. The highest BCUT2D eigenvalue weighted by Gasteiger charge is 2.39. The average Bonchev–Trinajstić information content (AvgIpc) is 2.42. The van der Waals surface area contributed by atoms with Gasteiger partial charge in [-0.2, -0.15) is 0 Å². The summed E-state index contributed by atoms with van der Waals surface area (Å²) in [5, 5.41) is 3.34. The second kappa shape index (κ2) is 7.34. The van der Waals surface area contributed by atoms with Gasteiger partial charge in [-0.15, -0.1) is 0 Å². The summed E-state index contributed by atoms with van der Waals surface area (Å²) in [6.07, 6.45) is 3.21. The van der Waals surface area contributed by atoms with Crippen LogP contribution in [-0.2, 0) is 9.47 Å². The molecule has 1 unspecified atom stereocenters. The average molecular weight is 243 g/mol. The molecule has 0 saturated carbocycles. The van der Waals surface area contributed by atoms with E-state index in [4.69, 9.17) is 9.47 Å². The van der Waals surface area contributed by atoms with Crippen LogP contribution in [0, 0.1) is 11.8 Å². The van der Waals surface area contributed by atoms with Crippen LogP contribution in [0.15, 0.2) is 0 Å². The van der Waals surface area contributed by atoms with Gasteiger partial charge in [-0.05, 0) is 5.92 Å². The summed E-state index contributed by atoms with van der Waals surface area (Å²) in [6, 6.07) is 0. The van der Waals surface area contributed by atoms with Crippen LogP contribution in [0.2, 0.25) is 0 Å². The van der Waals surface area contributed by atoms with Gasteiger partial charge in [0.25, 0.3) is 0 Å². The summed E-state index contributed by atoms with van der Waals surface area (Å²) in [5.74, 6) is 1.06. The van der Waals surface area contributed by atoms with Crippen molar-refractivity contribution in [1.82, 2.24) is 5.32 Å². The molecule has 2 rings (SSSR count). The van der Waals surface area contributed by atoms with Gasteiger partial charge in [0, 0.05) is 31.8 Å². The van der Waals surface area contributed by atoms with Crippen LogP contribution < -0.4 is 5.32 Å². The SMILES string of the molecule is CC.CCC(C)C1COC2(CCNCC2)OC1. The number of rotatable bonds is 2. The molecule has 0 aromatic carbocycles. The van der Waals surface area contributed by atoms with E-state index in [0.717, 1.165) is 39.1 Å². The summed E-state index contributed by atoms with van der Waals surface area (Å²) in [6.45, 7) is 12.3. The second-order valence-corrected chi connectivity index (χ2v) is 4.93. The van der Waals surface area contributed by atoms with Gasteiger partial charge in [-0.3, -0.25) is 0 Å². The predicted molar refractivity (Wildman–Crippen MR) is 71.0 cm³/mol. The first kappa shape index (κ1) is 14.9. The van der Waals surface area contributed by atoms with E-state index in [1.54, 1.807) is 0 Å². The monoisotopic (exact) mass is 243 g/mol. The molecule has 2 aliphatic rings. The lowest BCUT2D eigenvalue weighted by molar-refractivity contribution is -0.296. The largest absolute Gasteiger partial charge is 0.349 e. The lowest BCUT2D eigenvalue weighted by Crippen LogP contribution is -2.51. The Balaban J connectivity index is 0.000000686. The van der Waals surface area contributed by atoms with Crippen LogP contribution in [0.3, 0.4) is 0 Å². The van der Waals surface area contributed by atoms with Gasteiger partial charge in [0.05, 0.1) is 13.2 Å². The Bertz CT molecular complexity index is 192. The minimum Gasteiger partial charge on any atom is -0.349 e. The minimum atomic E-state index is -0.241. The number of hydrogen-bond acceptors (Lipinski definition) is 3. The fourth-order valence-corrected chi connectivity index (χ4v) is 2.37. The highest BCUT2D eigenvalue weighted by molar-refractivity contribution is 4.82. The molecule has 2 heterocycles. The van der Waals surface area contributed by atoms with Crippen LogP contribution in [0.25, 0.3) is 0 Å². The number of ether oxygens (including phenoxy) is 2. The maximum atomic E-state index is 5.98. The van der Waals surface area contributed by atoms with Crippen LogP contribution in [0.5, 0.6) is 0 Å². The van der Waals surface area contributed by atoms with E-state index in [0.29, 0.717) is 11.8 Å². The zero-order valence-corrected chi connectivity index (χ0v) is 11.9. The minimum absolute atomic E-state index is 0.241. The molecule has 2 saturated heterocycles. The van der Waals surface area contributed by atoms with E-state index < -0.39 is 0 Å². The maximum Gasteiger partial charge on any atom is 0.170 e. The van der Waals surface area contributed by atoms with E-state index in [9.17, 15) is 0 Å². The molecule has 102 valence electrons. The summed E-state index contributed by atoms with van der Waals surface area (Å²) in [5.41, 5.74) is 0. The molecule has 3 heteroatoms. The van der Waals surface area contributed by atoms with Crippen molar-refractivity contribution in [3.8, 4) is 0 Å². The van der Waals surface area contributed by atoms with Crippen molar-refractivity contribution in [2.24, 2.45) is 11.8 Å². The molecule has 0 bridgehead atoms. The quantitative estimate of drug-likeness (QED) is 0.809. The summed E-state index contributed by atoms with van der Waals surface area (Å²) in [7, 11) is 0. The zero-order chi connectivity index (χ0) is 12.7. The third-order valence-corrected chi connectivity index (χ3v) is 3.93. The molecule has 0 aliphatic carbocycles. The smallest absolute Gasteiger partial charge is 0.170 e. The Labute approximate surface area is 106 Å². The van der Waals surface area contributed by atoms with Gasteiger partial charge in [-0.25, -0.2) is 0 Å². The molecule has 3 nitrogen and oxygen atoms in total. The third-order valence-electron chi connectivity index (χ3n) is 3.93. The molecule has 17 heavy (non-hydrogen) atoms. The highest BCUT2D eigenvalue weighted by atomic mass is 16.7. The van der Waals surface area contributed by atoms with Crippen molar-refractivity contribution in [2.75, 3.05) is 26.3 Å². The summed E-state index contributed by atoms with van der Waals surface area (Å²) >= 11 is 0. The standard InChI is InChI=1S/C12H23NO2.C2H6/c1-3-10(2)11-8-14-12(15-9-11)4-6-13-7-5-12;1-2/h10-11,13H,3-9H2,1-2H3;1-2H3. The molecule has 2 fully saturated rings. The Morgan fingerprint density at radius 3 is 2.18 bits per heavy atom. The first-order valence-electron chi connectivity index (χ1n) is 7.24. The van der Waals surface area contributed by atoms with Crippen LogP contribution in [0.4, 0.5) is 0 Å². The highest BCUT2D eigenvalue weighted by Crippen LogP contribution is 2.32. The Morgan fingerprint density at radius 1 is 1.18 bits per heavy atom. The molecular weight excluding hydrogens is 214 g/mol. The van der Waals surface area contributed by atoms with E-state index >= 15 is 0 Å². The third kappa shape index (κ3) is 3.94. The second-order valence-electron chi connectivity index (χ2n) is 4.93. The summed E-state index contributed by atoms with van der Waals surface area (Å²) < 4.78 is 12.0. The molecule has 0 aromatic heterocycles. The molecule has 1 spiro atoms. The van der Waals surface area contributed by atoms with Crippen molar-refractivity contribution in [3.63, 3.8) is 0 Å². The maximum absolute atomic E-state index is 5.98. The van der Waals surface area contributed by atoms with Crippen molar-refractivity contribution in [2.45, 2.75) is 52.7 Å². The molecule has 1 N–H and O–H groups in total. The lowest BCUT2D eigenvalue weighted by atomic mass is 9.91. The fourth-order valence-electron chi connectivity index (χ4n) is 2.37. The van der Waals surface area contributed by atoms with Crippen molar-refractivity contribution >= 4 is 0 Å². The summed E-state index contributed by atoms with van der Waals surface area (Å²) in [4.78, 5) is 0. The van der Waals surface area contributed by atoms with Gasteiger partial charge in [0.15, 0.2) is 5.79 Å².